The van der Waals surface area contributed by atoms with E-state index in [-0.39, 0.29) is 18.4 Å². The number of morpholine rings is 1. The van der Waals surface area contributed by atoms with Crippen molar-refractivity contribution in [1.82, 2.24) is 4.90 Å². The minimum Gasteiger partial charge on any atom is -0.495 e. The molecule has 0 saturated carbocycles. The number of carbonyl (C=O) groups excluding carboxylic acids is 2. The molecule has 3 rings (SSSR count). The van der Waals surface area contributed by atoms with E-state index in [0.717, 1.165) is 0 Å². The molecule has 2 N–H and O–H groups in total. The zero-order chi connectivity index (χ0) is 20.6. The van der Waals surface area contributed by atoms with Gasteiger partial charge < -0.3 is 29.7 Å². The summed E-state index contributed by atoms with van der Waals surface area (Å²) < 4.78 is 15.9. The number of amides is 2. The molecule has 8 nitrogen and oxygen atoms in total. The number of rotatable bonds is 7. The Hall–Kier alpha value is -3.26. The highest BCUT2D eigenvalue weighted by Gasteiger charge is 2.20. The predicted octanol–water partition coefficient (Wildman–Crippen LogP) is 2.23. The maximum absolute atomic E-state index is 12.7. The minimum atomic E-state index is -0.249. The van der Waals surface area contributed by atoms with Crippen LogP contribution in [0.25, 0.3) is 0 Å². The highest BCUT2D eigenvalue weighted by Crippen LogP contribution is 2.27. The molecule has 0 atom stereocenters. The number of nitrogens with zero attached hydrogens (tertiary/aromatic N) is 1. The van der Waals surface area contributed by atoms with Gasteiger partial charge in [0.05, 0.1) is 45.4 Å². The monoisotopic (exact) mass is 399 g/mol. The average Bonchev–Trinajstić information content (AvgIpc) is 2.78. The second kappa shape index (κ2) is 9.79. The quantitative estimate of drug-likeness (QED) is 0.742. The third-order valence-corrected chi connectivity index (χ3v) is 4.57. The van der Waals surface area contributed by atoms with Gasteiger partial charge in [0.1, 0.15) is 11.5 Å². The molecule has 1 heterocycles. The summed E-state index contributed by atoms with van der Waals surface area (Å²) in [4.78, 5) is 26.8. The lowest BCUT2D eigenvalue weighted by atomic mass is 10.1. The van der Waals surface area contributed by atoms with E-state index in [1.54, 1.807) is 49.5 Å². The highest BCUT2D eigenvalue weighted by atomic mass is 16.5. The summed E-state index contributed by atoms with van der Waals surface area (Å²) in [6.07, 6.45) is 0. The van der Waals surface area contributed by atoms with Crippen LogP contribution in [0.15, 0.2) is 42.5 Å². The Kier molecular flexibility index (Phi) is 6.91. The van der Waals surface area contributed by atoms with E-state index in [1.165, 1.54) is 0 Å². The van der Waals surface area contributed by atoms with Gasteiger partial charge in [0.25, 0.3) is 5.91 Å². The van der Waals surface area contributed by atoms with E-state index in [2.05, 4.69) is 10.6 Å². The van der Waals surface area contributed by atoms with Crippen LogP contribution in [0.2, 0.25) is 0 Å². The van der Waals surface area contributed by atoms with Crippen LogP contribution in [0.4, 0.5) is 11.4 Å². The van der Waals surface area contributed by atoms with E-state index in [1.807, 2.05) is 12.1 Å². The molecule has 0 radical (unpaired) electrons. The van der Waals surface area contributed by atoms with Crippen molar-refractivity contribution in [3.8, 4) is 11.5 Å². The Morgan fingerprint density at radius 2 is 1.69 bits per heavy atom. The van der Waals surface area contributed by atoms with E-state index in [0.29, 0.717) is 54.7 Å². The Labute approximate surface area is 169 Å². The lowest BCUT2D eigenvalue weighted by Gasteiger charge is -2.27. The highest BCUT2D eigenvalue weighted by molar-refractivity contribution is 5.97. The molecule has 29 heavy (non-hydrogen) atoms. The molecule has 2 aromatic carbocycles. The van der Waals surface area contributed by atoms with Gasteiger partial charge in [0, 0.05) is 18.7 Å². The van der Waals surface area contributed by atoms with Crippen molar-refractivity contribution in [2.24, 2.45) is 0 Å². The average molecular weight is 399 g/mol. The molecule has 0 aromatic heterocycles. The fraction of sp³-hybridized carbons (Fsp3) is 0.333. The van der Waals surface area contributed by atoms with Crippen molar-refractivity contribution in [3.05, 3.63) is 48.0 Å². The van der Waals surface area contributed by atoms with Crippen LogP contribution in [0.1, 0.15) is 10.4 Å². The molecule has 0 unspecified atom stereocenters. The van der Waals surface area contributed by atoms with Crippen LogP contribution >= 0.6 is 0 Å². The van der Waals surface area contributed by atoms with Gasteiger partial charge in [-0.05, 0) is 30.3 Å². The van der Waals surface area contributed by atoms with Gasteiger partial charge >= 0.3 is 0 Å². The number of methoxy groups -OCH3 is 2. The van der Waals surface area contributed by atoms with Crippen molar-refractivity contribution in [2.45, 2.75) is 0 Å². The third-order valence-electron chi connectivity index (χ3n) is 4.57. The van der Waals surface area contributed by atoms with E-state index in [9.17, 15) is 9.59 Å². The van der Waals surface area contributed by atoms with Crippen LogP contribution in [0.3, 0.4) is 0 Å². The smallest absolute Gasteiger partial charge is 0.254 e. The number of hydrogen-bond donors (Lipinski definition) is 2. The number of para-hydroxylation sites is 2. The Balaban J connectivity index is 1.67. The number of nitrogens with one attached hydrogen (secondary N) is 2. The van der Waals surface area contributed by atoms with Gasteiger partial charge in [-0.2, -0.15) is 0 Å². The first kappa shape index (κ1) is 20.5. The van der Waals surface area contributed by atoms with Crippen LogP contribution < -0.4 is 20.1 Å². The molecule has 1 fully saturated rings. The topological polar surface area (TPSA) is 89.1 Å². The van der Waals surface area contributed by atoms with Crippen LogP contribution in [-0.4, -0.2) is 63.8 Å². The molecular weight excluding hydrogens is 374 g/mol. The summed E-state index contributed by atoms with van der Waals surface area (Å²) in [7, 11) is 3.09. The summed E-state index contributed by atoms with van der Waals surface area (Å²) in [5.74, 6) is 0.809. The number of ether oxygens (including phenoxy) is 3. The predicted molar refractivity (Wildman–Crippen MR) is 110 cm³/mol. The molecule has 1 saturated heterocycles. The molecule has 2 aromatic rings. The normalized spacial score (nSPS) is 13.5. The molecule has 0 aliphatic carbocycles. The maximum Gasteiger partial charge on any atom is 0.254 e. The minimum absolute atomic E-state index is 0.00358. The van der Waals surface area contributed by atoms with Gasteiger partial charge in [-0.1, -0.05) is 12.1 Å². The molecule has 8 heteroatoms. The summed E-state index contributed by atoms with van der Waals surface area (Å²) in [5, 5.41) is 5.85. The number of benzene rings is 2. The second-order valence-corrected chi connectivity index (χ2v) is 6.42. The standard InChI is InChI=1S/C21H25N3O5/c1-27-18-6-4-3-5-16(18)23-20(25)14-22-17-13-15(7-8-19(17)28-2)21(26)24-9-11-29-12-10-24/h3-8,13,22H,9-12,14H2,1-2H3,(H,23,25). The Morgan fingerprint density at radius 1 is 1.00 bits per heavy atom. The van der Waals surface area contributed by atoms with Crippen molar-refractivity contribution in [1.29, 1.82) is 0 Å². The van der Waals surface area contributed by atoms with E-state index < -0.39 is 0 Å². The van der Waals surface area contributed by atoms with Crippen LogP contribution in [-0.2, 0) is 9.53 Å². The number of anilines is 2. The first-order valence-electron chi connectivity index (χ1n) is 9.34. The fourth-order valence-electron chi connectivity index (χ4n) is 3.05. The maximum atomic E-state index is 12.7. The lowest BCUT2D eigenvalue weighted by molar-refractivity contribution is -0.114. The molecule has 0 bridgehead atoms. The summed E-state index contributed by atoms with van der Waals surface area (Å²) >= 11 is 0. The van der Waals surface area contributed by atoms with Gasteiger partial charge in [-0.15, -0.1) is 0 Å². The van der Waals surface area contributed by atoms with E-state index in [4.69, 9.17) is 14.2 Å². The van der Waals surface area contributed by atoms with Crippen molar-refractivity contribution < 1.29 is 23.8 Å². The fourth-order valence-corrected chi connectivity index (χ4v) is 3.05. The summed E-state index contributed by atoms with van der Waals surface area (Å²) in [5.41, 5.74) is 1.69. The summed E-state index contributed by atoms with van der Waals surface area (Å²) in [6.45, 7) is 2.21. The number of carbonyl (C=O) groups is 2. The second-order valence-electron chi connectivity index (χ2n) is 6.42. The first-order chi connectivity index (χ1) is 14.1. The molecule has 1 aliphatic rings. The van der Waals surface area contributed by atoms with Gasteiger partial charge in [0.2, 0.25) is 5.91 Å². The van der Waals surface area contributed by atoms with E-state index >= 15 is 0 Å². The van der Waals surface area contributed by atoms with Crippen molar-refractivity contribution in [3.63, 3.8) is 0 Å². The number of hydrogen-bond acceptors (Lipinski definition) is 6. The Morgan fingerprint density at radius 3 is 2.41 bits per heavy atom. The van der Waals surface area contributed by atoms with Gasteiger partial charge in [-0.25, -0.2) is 0 Å². The lowest BCUT2D eigenvalue weighted by Crippen LogP contribution is -2.40. The van der Waals surface area contributed by atoms with Gasteiger partial charge in [-0.3, -0.25) is 9.59 Å². The zero-order valence-electron chi connectivity index (χ0n) is 16.6. The molecule has 2 amide bonds. The molecule has 0 spiro atoms. The van der Waals surface area contributed by atoms with Gasteiger partial charge in [0.15, 0.2) is 0 Å². The first-order valence-corrected chi connectivity index (χ1v) is 9.34. The largest absolute Gasteiger partial charge is 0.495 e. The molecular formula is C21H25N3O5. The Bertz CT molecular complexity index is 865. The van der Waals surface area contributed by atoms with Crippen molar-refractivity contribution >= 4 is 23.2 Å². The molecule has 1 aliphatic heterocycles. The molecule has 154 valence electrons. The van der Waals surface area contributed by atoms with Crippen LogP contribution in [0.5, 0.6) is 11.5 Å². The van der Waals surface area contributed by atoms with Crippen molar-refractivity contribution in [2.75, 3.05) is 57.7 Å². The summed E-state index contributed by atoms with van der Waals surface area (Å²) in [6, 6.07) is 12.3. The third kappa shape index (κ3) is 5.17. The zero-order valence-corrected chi connectivity index (χ0v) is 16.6. The van der Waals surface area contributed by atoms with Crippen LogP contribution in [0, 0.1) is 0 Å². The SMILES string of the molecule is COc1ccc(C(=O)N2CCOCC2)cc1NCC(=O)Nc1ccccc1OC.